The van der Waals surface area contributed by atoms with Crippen LogP contribution in [0.4, 0.5) is 0 Å². The summed E-state index contributed by atoms with van der Waals surface area (Å²) in [7, 11) is 3.78. The van der Waals surface area contributed by atoms with E-state index in [0.717, 1.165) is 12.4 Å². The van der Waals surface area contributed by atoms with Crippen molar-refractivity contribution in [1.82, 2.24) is 20.8 Å². The Kier molecular flexibility index (Phi) is 5.44. The van der Waals surface area contributed by atoms with Crippen molar-refractivity contribution in [1.29, 1.82) is 0 Å². The highest BCUT2D eigenvalue weighted by atomic mass is 15.7. The number of hydrazine groups is 2. The highest BCUT2D eigenvalue weighted by Gasteiger charge is 2.08. The zero-order chi connectivity index (χ0) is 9.56. The highest BCUT2D eigenvalue weighted by molar-refractivity contribution is 4.86. The summed E-state index contributed by atoms with van der Waals surface area (Å²) in [4.78, 5) is 0. The first-order chi connectivity index (χ1) is 5.67. The second kappa shape index (κ2) is 5.82. The lowest BCUT2D eigenvalue weighted by Gasteiger charge is -2.33. The second-order valence-electron chi connectivity index (χ2n) is 2.43. The summed E-state index contributed by atoms with van der Waals surface area (Å²) in [6, 6.07) is 0. The van der Waals surface area contributed by atoms with E-state index in [1.165, 1.54) is 0 Å². The van der Waals surface area contributed by atoms with E-state index in [4.69, 9.17) is 5.84 Å². The van der Waals surface area contributed by atoms with Crippen molar-refractivity contribution in [2.45, 2.75) is 6.92 Å². The van der Waals surface area contributed by atoms with Gasteiger partial charge in [0.1, 0.15) is 5.82 Å². The number of hydrogen-bond donors (Lipinski definition) is 3. The number of nitrogens with one attached hydrogen (secondary N) is 2. The summed E-state index contributed by atoms with van der Waals surface area (Å²) in [5.74, 6) is 6.05. The topological polar surface area (TPSA) is 56.6 Å². The maximum atomic E-state index is 5.20. The van der Waals surface area contributed by atoms with E-state index in [9.17, 15) is 0 Å². The van der Waals surface area contributed by atoms with E-state index >= 15 is 0 Å². The van der Waals surface area contributed by atoms with Crippen molar-refractivity contribution in [2.24, 2.45) is 5.84 Å². The fraction of sp³-hybridized carbons (Fsp3) is 0.714. The van der Waals surface area contributed by atoms with Gasteiger partial charge in [-0.25, -0.2) is 10.4 Å². The van der Waals surface area contributed by atoms with Crippen LogP contribution >= 0.6 is 0 Å². The van der Waals surface area contributed by atoms with E-state index in [2.05, 4.69) is 24.2 Å². The molecule has 0 radical (unpaired) electrons. The lowest BCUT2D eigenvalue weighted by atomic mass is 10.6. The third-order valence-corrected chi connectivity index (χ3v) is 1.63. The summed E-state index contributed by atoms with van der Waals surface area (Å²) in [5.41, 5.74) is 2.58. The van der Waals surface area contributed by atoms with E-state index in [0.29, 0.717) is 6.67 Å². The predicted octanol–water partition coefficient (Wildman–Crippen LogP) is -0.733. The van der Waals surface area contributed by atoms with Gasteiger partial charge in [-0.1, -0.05) is 6.58 Å². The van der Waals surface area contributed by atoms with Gasteiger partial charge in [-0.2, -0.15) is 0 Å². The third kappa shape index (κ3) is 3.08. The zero-order valence-electron chi connectivity index (χ0n) is 8.09. The van der Waals surface area contributed by atoms with Crippen LogP contribution in [0.2, 0.25) is 0 Å². The Hall–Kier alpha value is -0.780. The molecule has 0 spiro atoms. The van der Waals surface area contributed by atoms with Crippen LogP contribution in [0.5, 0.6) is 0 Å². The van der Waals surface area contributed by atoms with Crippen molar-refractivity contribution in [3.8, 4) is 0 Å². The molecule has 0 aliphatic heterocycles. The predicted molar refractivity (Wildman–Crippen MR) is 50.5 cm³/mol. The fourth-order valence-electron chi connectivity index (χ4n) is 0.985. The molecule has 4 N–H and O–H groups in total. The molecule has 0 aromatic carbocycles. The fourth-order valence-corrected chi connectivity index (χ4v) is 0.985. The highest BCUT2D eigenvalue weighted by Crippen LogP contribution is 1.99. The first-order valence-corrected chi connectivity index (χ1v) is 3.96. The van der Waals surface area contributed by atoms with E-state index in [-0.39, 0.29) is 0 Å². The molecule has 0 aliphatic carbocycles. The summed E-state index contributed by atoms with van der Waals surface area (Å²) < 4.78 is 0. The Labute approximate surface area is 74.1 Å². The molecule has 0 rings (SSSR count). The smallest absolute Gasteiger partial charge is 0.108 e. The second-order valence-corrected chi connectivity index (χ2v) is 2.43. The van der Waals surface area contributed by atoms with Gasteiger partial charge in [0.2, 0.25) is 0 Å². The van der Waals surface area contributed by atoms with Crippen molar-refractivity contribution >= 4 is 0 Å². The van der Waals surface area contributed by atoms with Gasteiger partial charge in [-0.15, -0.1) is 0 Å². The first kappa shape index (κ1) is 11.2. The lowest BCUT2D eigenvalue weighted by molar-refractivity contribution is 0.0276. The number of hydrogen-bond acceptors (Lipinski definition) is 5. The Balaban J connectivity index is 4.03. The van der Waals surface area contributed by atoms with Crippen molar-refractivity contribution in [2.75, 3.05) is 27.3 Å². The largest absolute Gasteiger partial charge is 0.374 e. The molecule has 72 valence electrons. The van der Waals surface area contributed by atoms with Crippen molar-refractivity contribution < 1.29 is 0 Å². The summed E-state index contributed by atoms with van der Waals surface area (Å²) in [6.45, 7) is 7.35. The van der Waals surface area contributed by atoms with E-state index in [1.807, 2.05) is 24.1 Å². The summed E-state index contributed by atoms with van der Waals surface area (Å²) in [6.07, 6.45) is 0. The third-order valence-electron chi connectivity index (χ3n) is 1.63. The van der Waals surface area contributed by atoms with Crippen LogP contribution in [0.15, 0.2) is 12.4 Å². The molecular formula is C7H19N5. The number of nitrogens with zero attached hydrogens (tertiary/aromatic N) is 2. The molecule has 5 heteroatoms. The normalized spacial score (nSPS) is 10.1. The van der Waals surface area contributed by atoms with Crippen molar-refractivity contribution in [3.05, 3.63) is 12.4 Å². The molecule has 5 nitrogen and oxygen atoms in total. The van der Waals surface area contributed by atoms with Gasteiger partial charge < -0.3 is 5.32 Å². The van der Waals surface area contributed by atoms with Crippen LogP contribution in [-0.2, 0) is 0 Å². The van der Waals surface area contributed by atoms with Crippen LogP contribution in [0.1, 0.15) is 6.92 Å². The molecule has 0 saturated heterocycles. The maximum absolute atomic E-state index is 5.20. The van der Waals surface area contributed by atoms with Gasteiger partial charge in [-0.3, -0.25) is 10.9 Å². The summed E-state index contributed by atoms with van der Waals surface area (Å²) >= 11 is 0. The minimum atomic E-state index is 0.592. The molecule has 0 aliphatic rings. The van der Waals surface area contributed by atoms with Gasteiger partial charge in [-0.05, 0) is 6.92 Å². The van der Waals surface area contributed by atoms with E-state index < -0.39 is 0 Å². The molecule has 0 aromatic heterocycles. The van der Waals surface area contributed by atoms with Crippen LogP contribution in [0.25, 0.3) is 0 Å². The summed E-state index contributed by atoms with van der Waals surface area (Å²) in [5, 5.41) is 6.91. The number of rotatable bonds is 6. The molecule has 0 unspecified atom stereocenters. The van der Waals surface area contributed by atoms with Gasteiger partial charge in [0, 0.05) is 20.6 Å². The van der Waals surface area contributed by atoms with Crippen LogP contribution in [0, 0.1) is 0 Å². The van der Waals surface area contributed by atoms with Gasteiger partial charge in [0.25, 0.3) is 0 Å². The molecule has 0 bridgehead atoms. The molecule has 0 amide bonds. The quantitative estimate of drug-likeness (QED) is 0.281. The molecule has 12 heavy (non-hydrogen) atoms. The standard InChI is InChI=1S/C7H19N5/c1-5-12(7(2)9-3)11(4)6-10-8/h9-10H,2,5-6,8H2,1,3-4H3. The molecule has 0 heterocycles. The average Bonchev–Trinajstić information content (AvgIpc) is 2.06. The van der Waals surface area contributed by atoms with Crippen molar-refractivity contribution in [3.63, 3.8) is 0 Å². The maximum Gasteiger partial charge on any atom is 0.108 e. The monoisotopic (exact) mass is 173 g/mol. The average molecular weight is 173 g/mol. The first-order valence-electron chi connectivity index (χ1n) is 3.96. The van der Waals surface area contributed by atoms with Gasteiger partial charge >= 0.3 is 0 Å². The molecule has 0 fully saturated rings. The molecule has 0 aromatic rings. The lowest BCUT2D eigenvalue weighted by Crippen LogP contribution is -2.47. The van der Waals surface area contributed by atoms with Crippen LogP contribution < -0.4 is 16.6 Å². The van der Waals surface area contributed by atoms with E-state index in [1.54, 1.807) is 0 Å². The molecule has 0 atom stereocenters. The van der Waals surface area contributed by atoms with Crippen LogP contribution in [-0.4, -0.2) is 37.3 Å². The van der Waals surface area contributed by atoms with Crippen LogP contribution in [0.3, 0.4) is 0 Å². The number of nitrogens with two attached hydrogens (primary N) is 1. The Morgan fingerprint density at radius 3 is 2.50 bits per heavy atom. The minimum absolute atomic E-state index is 0.592. The minimum Gasteiger partial charge on any atom is -0.374 e. The molecule has 0 saturated carbocycles. The van der Waals surface area contributed by atoms with Gasteiger partial charge in [0.05, 0.1) is 6.67 Å². The Morgan fingerprint density at radius 2 is 2.17 bits per heavy atom. The zero-order valence-corrected chi connectivity index (χ0v) is 8.09. The Morgan fingerprint density at radius 1 is 1.58 bits per heavy atom. The van der Waals surface area contributed by atoms with Gasteiger partial charge in [0.15, 0.2) is 0 Å². The molecular weight excluding hydrogens is 154 g/mol. The SMILES string of the molecule is C=C(NC)N(CC)N(C)CNN. The Bertz CT molecular complexity index is 136.